The number of nitrogens with one attached hydrogen (secondary N) is 1. The van der Waals surface area contributed by atoms with Crippen molar-refractivity contribution in [3.63, 3.8) is 0 Å². The Labute approximate surface area is 104 Å². The Balaban J connectivity index is 2.07. The molecule has 0 saturated carbocycles. The highest BCUT2D eigenvalue weighted by Crippen LogP contribution is 2.18. The Morgan fingerprint density at radius 2 is 2.41 bits per heavy atom. The molecule has 4 heteroatoms. The zero-order chi connectivity index (χ0) is 12.3. The topological polar surface area (TPSA) is 33.1 Å². The molecule has 17 heavy (non-hydrogen) atoms. The van der Waals surface area contributed by atoms with Gasteiger partial charge in [0, 0.05) is 38.6 Å². The fraction of sp³-hybridized carbons (Fsp3) is 0.769. The van der Waals surface area contributed by atoms with Gasteiger partial charge in [-0.25, -0.2) is 4.98 Å². The van der Waals surface area contributed by atoms with E-state index in [4.69, 9.17) is 0 Å². The molecule has 2 rings (SSSR count). The van der Waals surface area contributed by atoms with Crippen molar-refractivity contribution in [2.75, 3.05) is 25.0 Å². The van der Waals surface area contributed by atoms with Crippen LogP contribution < -0.4 is 10.2 Å². The van der Waals surface area contributed by atoms with Gasteiger partial charge in [-0.05, 0) is 25.3 Å². The first kappa shape index (κ1) is 12.4. The summed E-state index contributed by atoms with van der Waals surface area (Å²) in [6.07, 6.45) is 6.52. The third kappa shape index (κ3) is 3.00. The molecule has 96 valence electrons. The van der Waals surface area contributed by atoms with Gasteiger partial charge in [-0.2, -0.15) is 0 Å². The zero-order valence-electron chi connectivity index (χ0n) is 11.2. The predicted molar refractivity (Wildman–Crippen MR) is 71.4 cm³/mol. The maximum atomic E-state index is 4.51. The number of hydrogen-bond acceptors (Lipinski definition) is 3. The van der Waals surface area contributed by atoms with Crippen LogP contribution in [0.4, 0.5) is 5.95 Å². The first-order chi connectivity index (χ1) is 8.18. The van der Waals surface area contributed by atoms with Gasteiger partial charge in [-0.3, -0.25) is 0 Å². The minimum atomic E-state index is 0.581. The lowest BCUT2D eigenvalue weighted by molar-refractivity contribution is 0.433. The Hall–Kier alpha value is -1.03. The Bertz CT molecular complexity index is 339. The summed E-state index contributed by atoms with van der Waals surface area (Å²) in [5, 5.41) is 3.46. The molecule has 0 spiro atoms. The van der Waals surface area contributed by atoms with Gasteiger partial charge in [0.2, 0.25) is 5.95 Å². The lowest BCUT2D eigenvalue weighted by Crippen LogP contribution is -2.45. The lowest BCUT2D eigenvalue weighted by atomic mass is 10.1. The van der Waals surface area contributed by atoms with E-state index >= 15 is 0 Å². The molecule has 4 nitrogen and oxygen atoms in total. The number of imidazole rings is 1. The summed E-state index contributed by atoms with van der Waals surface area (Å²) >= 11 is 0. The molecule has 0 aliphatic carbocycles. The van der Waals surface area contributed by atoms with Crippen molar-refractivity contribution in [2.24, 2.45) is 5.92 Å². The van der Waals surface area contributed by atoms with Crippen molar-refractivity contribution in [3.8, 4) is 0 Å². The average Bonchev–Trinajstić information content (AvgIpc) is 2.76. The number of piperidine rings is 1. The van der Waals surface area contributed by atoms with E-state index in [0.717, 1.165) is 25.6 Å². The van der Waals surface area contributed by atoms with Crippen molar-refractivity contribution in [1.29, 1.82) is 0 Å². The van der Waals surface area contributed by atoms with E-state index in [1.54, 1.807) is 0 Å². The second-order valence-corrected chi connectivity index (χ2v) is 5.38. The molecule has 2 heterocycles. The van der Waals surface area contributed by atoms with Crippen molar-refractivity contribution < 1.29 is 0 Å². The van der Waals surface area contributed by atoms with E-state index in [1.165, 1.54) is 12.8 Å². The Kier molecular flexibility index (Phi) is 4.05. The first-order valence-corrected chi connectivity index (χ1v) is 6.63. The van der Waals surface area contributed by atoms with Crippen LogP contribution in [-0.2, 0) is 6.54 Å². The van der Waals surface area contributed by atoms with Crippen LogP contribution >= 0.6 is 0 Å². The summed E-state index contributed by atoms with van der Waals surface area (Å²) in [7, 11) is 2.16. The van der Waals surface area contributed by atoms with Crippen LogP contribution in [0.5, 0.6) is 0 Å². The molecule has 0 amide bonds. The number of likely N-dealkylation sites (N-methyl/N-ethyl adjacent to an activating group) is 1. The van der Waals surface area contributed by atoms with Crippen LogP contribution in [0.1, 0.15) is 26.7 Å². The fourth-order valence-electron chi connectivity index (χ4n) is 2.48. The second-order valence-electron chi connectivity index (χ2n) is 5.38. The van der Waals surface area contributed by atoms with Crippen molar-refractivity contribution in [3.05, 3.63) is 12.4 Å². The average molecular weight is 236 g/mol. The number of rotatable bonds is 4. The SMILES string of the molecule is CC(C)Cn1ccnc1N(C)C1CCCNC1. The molecule has 1 saturated heterocycles. The normalized spacial score (nSPS) is 20.8. The van der Waals surface area contributed by atoms with E-state index in [0.29, 0.717) is 12.0 Å². The molecule has 0 radical (unpaired) electrons. The third-order valence-corrected chi connectivity index (χ3v) is 3.39. The van der Waals surface area contributed by atoms with Crippen molar-refractivity contribution in [1.82, 2.24) is 14.9 Å². The van der Waals surface area contributed by atoms with Gasteiger partial charge in [0.15, 0.2) is 0 Å². The monoisotopic (exact) mass is 236 g/mol. The summed E-state index contributed by atoms with van der Waals surface area (Å²) in [5.74, 6) is 1.76. The highest BCUT2D eigenvalue weighted by atomic mass is 15.3. The lowest BCUT2D eigenvalue weighted by Gasteiger charge is -2.32. The third-order valence-electron chi connectivity index (χ3n) is 3.39. The minimum Gasteiger partial charge on any atom is -0.341 e. The molecule has 1 aromatic heterocycles. The molecule has 1 unspecified atom stereocenters. The summed E-state index contributed by atoms with van der Waals surface area (Å²) in [5.41, 5.74) is 0. The Morgan fingerprint density at radius 1 is 1.59 bits per heavy atom. The van der Waals surface area contributed by atoms with Crippen LogP contribution in [0, 0.1) is 5.92 Å². The van der Waals surface area contributed by atoms with Gasteiger partial charge in [0.1, 0.15) is 0 Å². The van der Waals surface area contributed by atoms with Gasteiger partial charge >= 0.3 is 0 Å². The van der Waals surface area contributed by atoms with Gasteiger partial charge in [0.05, 0.1) is 0 Å². The standard InChI is InChI=1S/C13H24N4/c1-11(2)10-17-8-7-15-13(17)16(3)12-5-4-6-14-9-12/h7-8,11-12,14H,4-6,9-10H2,1-3H3. The number of aromatic nitrogens is 2. The van der Waals surface area contributed by atoms with Crippen LogP contribution in [-0.4, -0.2) is 35.7 Å². The quantitative estimate of drug-likeness (QED) is 0.864. The highest BCUT2D eigenvalue weighted by Gasteiger charge is 2.21. The largest absolute Gasteiger partial charge is 0.341 e. The van der Waals surface area contributed by atoms with Crippen LogP contribution in [0.15, 0.2) is 12.4 Å². The molecule has 1 fully saturated rings. The number of nitrogens with zero attached hydrogens (tertiary/aromatic N) is 3. The van der Waals surface area contributed by atoms with E-state index in [1.807, 2.05) is 6.20 Å². The molecular formula is C13H24N4. The Morgan fingerprint density at radius 3 is 3.06 bits per heavy atom. The molecular weight excluding hydrogens is 212 g/mol. The minimum absolute atomic E-state index is 0.581. The van der Waals surface area contributed by atoms with Gasteiger partial charge < -0.3 is 14.8 Å². The summed E-state index contributed by atoms with van der Waals surface area (Å²) in [4.78, 5) is 6.83. The van der Waals surface area contributed by atoms with Gasteiger partial charge in [-0.1, -0.05) is 13.8 Å². The van der Waals surface area contributed by atoms with Gasteiger partial charge in [-0.15, -0.1) is 0 Å². The van der Waals surface area contributed by atoms with Crippen molar-refractivity contribution >= 4 is 5.95 Å². The van der Waals surface area contributed by atoms with E-state index in [9.17, 15) is 0 Å². The second kappa shape index (κ2) is 5.54. The van der Waals surface area contributed by atoms with Gasteiger partial charge in [0.25, 0.3) is 0 Å². The van der Waals surface area contributed by atoms with Crippen LogP contribution in [0.2, 0.25) is 0 Å². The fourth-order valence-corrected chi connectivity index (χ4v) is 2.48. The summed E-state index contributed by atoms with van der Waals surface area (Å²) in [6, 6.07) is 0.581. The molecule has 0 aromatic carbocycles. The maximum Gasteiger partial charge on any atom is 0.205 e. The smallest absolute Gasteiger partial charge is 0.205 e. The highest BCUT2D eigenvalue weighted by molar-refractivity contribution is 5.32. The van der Waals surface area contributed by atoms with Crippen molar-refractivity contribution in [2.45, 2.75) is 39.3 Å². The predicted octanol–water partition coefficient (Wildman–Crippen LogP) is 1.73. The molecule has 0 bridgehead atoms. The molecule has 1 aliphatic rings. The number of hydrogen-bond donors (Lipinski definition) is 1. The van der Waals surface area contributed by atoms with Crippen LogP contribution in [0.25, 0.3) is 0 Å². The zero-order valence-corrected chi connectivity index (χ0v) is 11.2. The summed E-state index contributed by atoms with van der Waals surface area (Å²) < 4.78 is 2.26. The van der Waals surface area contributed by atoms with E-state index < -0.39 is 0 Å². The van der Waals surface area contributed by atoms with E-state index in [-0.39, 0.29) is 0 Å². The molecule has 1 aromatic rings. The molecule has 1 aliphatic heterocycles. The molecule has 1 atom stereocenters. The number of anilines is 1. The van der Waals surface area contributed by atoms with Crippen LogP contribution in [0.3, 0.4) is 0 Å². The first-order valence-electron chi connectivity index (χ1n) is 6.63. The maximum absolute atomic E-state index is 4.51. The summed E-state index contributed by atoms with van der Waals surface area (Å²) in [6.45, 7) is 7.76. The van der Waals surface area contributed by atoms with E-state index in [2.05, 4.69) is 46.9 Å². The molecule has 1 N–H and O–H groups in total.